The lowest BCUT2D eigenvalue weighted by atomic mass is 9.64. The monoisotopic (exact) mass is 888 g/mol. The van der Waals surface area contributed by atoms with Crippen molar-refractivity contribution in [1.82, 2.24) is 5.32 Å². The third-order valence-corrected chi connectivity index (χ3v) is 14.6. The van der Waals surface area contributed by atoms with Crippen LogP contribution in [0.1, 0.15) is 310 Å². The van der Waals surface area contributed by atoms with Crippen LogP contribution in [-0.4, -0.2) is 49.4 Å². The number of esters is 2. The van der Waals surface area contributed by atoms with Gasteiger partial charge in [-0.1, -0.05) is 207 Å². The zero-order valence-corrected chi connectivity index (χ0v) is 42.9. The van der Waals surface area contributed by atoms with Gasteiger partial charge in [0.05, 0.1) is 13.2 Å². The molecule has 6 nitrogen and oxygen atoms in total. The van der Waals surface area contributed by atoms with Crippen LogP contribution in [0.15, 0.2) is 0 Å². The van der Waals surface area contributed by atoms with Gasteiger partial charge in [0.2, 0.25) is 0 Å². The number of carbonyl (C=O) groups is 2. The fourth-order valence-corrected chi connectivity index (χ4v) is 10.4. The fourth-order valence-electron chi connectivity index (χ4n) is 10.4. The predicted molar refractivity (Wildman–Crippen MR) is 270 cm³/mol. The van der Waals surface area contributed by atoms with Crippen LogP contribution in [0, 0.1) is 5.41 Å². The third kappa shape index (κ3) is 32.2. The van der Waals surface area contributed by atoms with Gasteiger partial charge in [-0.2, -0.15) is 0 Å². The number of hydrogen-bond acceptors (Lipinski definition) is 6. The molecule has 0 aromatic rings. The van der Waals surface area contributed by atoms with Gasteiger partial charge in [-0.25, -0.2) is 0 Å². The molecule has 1 N–H and O–H groups in total. The number of nitrogens with one attached hydrogen (secondary N) is 1. The minimum Gasteiger partial charge on any atom is -0.462 e. The van der Waals surface area contributed by atoms with Crippen molar-refractivity contribution < 1.29 is 23.8 Å². The van der Waals surface area contributed by atoms with Crippen LogP contribution in [0.25, 0.3) is 0 Å². The van der Waals surface area contributed by atoms with Crippen molar-refractivity contribution in [3.63, 3.8) is 0 Å². The van der Waals surface area contributed by atoms with Crippen molar-refractivity contribution in [2.45, 2.75) is 335 Å². The van der Waals surface area contributed by atoms with E-state index in [0.717, 1.165) is 64.6 Å². The Morgan fingerprint density at radius 2 is 0.714 bits per heavy atom. The van der Waals surface area contributed by atoms with Crippen LogP contribution in [0.4, 0.5) is 0 Å². The minimum absolute atomic E-state index is 0.0440. The SMILES string of the molecule is CCCCCCCCC(CCCCCCCC)OC(=O)CCCCCCCC(CCCCCCCC(=O)OC(CCCCCCCC)CCCCCCCC)NC1CC2(COC2)C1. The maximum atomic E-state index is 12.9. The van der Waals surface area contributed by atoms with Gasteiger partial charge in [0.15, 0.2) is 0 Å². The van der Waals surface area contributed by atoms with E-state index in [-0.39, 0.29) is 24.1 Å². The van der Waals surface area contributed by atoms with Crippen molar-refractivity contribution >= 4 is 11.9 Å². The Morgan fingerprint density at radius 1 is 0.429 bits per heavy atom. The number of unbranched alkanes of at least 4 members (excludes halogenated alkanes) is 28. The molecule has 2 rings (SSSR count). The van der Waals surface area contributed by atoms with Crippen molar-refractivity contribution in [2.75, 3.05) is 13.2 Å². The summed E-state index contributed by atoms with van der Waals surface area (Å²) in [6.45, 7) is 11.0. The fraction of sp³-hybridized carbons (Fsp3) is 0.965. The van der Waals surface area contributed by atoms with E-state index in [1.807, 2.05) is 0 Å². The van der Waals surface area contributed by atoms with Crippen molar-refractivity contribution in [3.05, 3.63) is 0 Å². The lowest BCUT2D eigenvalue weighted by Gasteiger charge is -2.54. The van der Waals surface area contributed by atoms with Gasteiger partial charge in [0, 0.05) is 30.3 Å². The number of rotatable bonds is 48. The van der Waals surface area contributed by atoms with Crippen molar-refractivity contribution in [1.29, 1.82) is 0 Å². The van der Waals surface area contributed by atoms with E-state index >= 15 is 0 Å². The number of carbonyl (C=O) groups excluding carboxylic acids is 2. The van der Waals surface area contributed by atoms with Gasteiger partial charge >= 0.3 is 11.9 Å². The molecule has 1 saturated heterocycles. The van der Waals surface area contributed by atoms with Crippen LogP contribution in [-0.2, 0) is 23.8 Å². The summed E-state index contributed by atoms with van der Waals surface area (Å²) in [4.78, 5) is 25.8. The summed E-state index contributed by atoms with van der Waals surface area (Å²) in [5, 5.41) is 4.08. The first-order valence-electron chi connectivity index (χ1n) is 28.7. The first kappa shape index (κ1) is 58.0. The highest BCUT2D eigenvalue weighted by atomic mass is 16.5. The molecular weight excluding hydrogens is 779 g/mol. The summed E-state index contributed by atoms with van der Waals surface area (Å²) in [7, 11) is 0. The first-order chi connectivity index (χ1) is 30.9. The molecule has 1 spiro atoms. The second-order valence-electron chi connectivity index (χ2n) is 21.0. The van der Waals surface area contributed by atoms with Crippen molar-refractivity contribution in [2.24, 2.45) is 5.41 Å². The zero-order valence-electron chi connectivity index (χ0n) is 42.9. The summed E-state index contributed by atoms with van der Waals surface area (Å²) in [5.41, 5.74) is 0.496. The topological polar surface area (TPSA) is 73.9 Å². The average Bonchev–Trinajstić information content (AvgIpc) is 3.24. The lowest BCUT2D eigenvalue weighted by molar-refractivity contribution is -0.168. The van der Waals surface area contributed by atoms with E-state index in [1.165, 1.54) is 218 Å². The molecule has 372 valence electrons. The third-order valence-electron chi connectivity index (χ3n) is 14.6. The van der Waals surface area contributed by atoms with Gasteiger partial charge in [-0.3, -0.25) is 9.59 Å². The van der Waals surface area contributed by atoms with Crippen LogP contribution in [0.3, 0.4) is 0 Å². The molecule has 0 aromatic carbocycles. The van der Waals surface area contributed by atoms with Crippen LogP contribution in [0.5, 0.6) is 0 Å². The Kier molecular flexibility index (Phi) is 37.8. The molecule has 0 radical (unpaired) electrons. The molecular formula is C57H109NO5. The van der Waals surface area contributed by atoms with E-state index < -0.39 is 0 Å². The Labute approximate surface area is 392 Å². The van der Waals surface area contributed by atoms with Gasteiger partial charge in [-0.05, 0) is 89.9 Å². The van der Waals surface area contributed by atoms with E-state index in [1.54, 1.807) is 0 Å². The van der Waals surface area contributed by atoms with E-state index in [2.05, 4.69) is 33.0 Å². The molecule has 2 fully saturated rings. The van der Waals surface area contributed by atoms with E-state index in [9.17, 15) is 9.59 Å². The predicted octanol–water partition coefficient (Wildman–Crippen LogP) is 17.4. The summed E-state index contributed by atoms with van der Waals surface area (Å²) in [6.07, 6.45) is 53.4. The highest BCUT2D eigenvalue weighted by molar-refractivity contribution is 5.69. The number of ether oxygens (including phenoxy) is 3. The molecule has 1 saturated carbocycles. The lowest BCUT2D eigenvalue weighted by Crippen LogP contribution is -2.60. The van der Waals surface area contributed by atoms with Crippen LogP contribution in [0.2, 0.25) is 0 Å². The first-order valence-corrected chi connectivity index (χ1v) is 28.7. The normalized spacial score (nSPS) is 14.8. The standard InChI is InChI=1S/C57H109NO5/c1-5-9-13-17-25-33-41-53(42-34-26-18-14-10-6-2)62-55(59)45-37-29-21-23-31-39-51(58-52-47-57(48-52)49-61-50-57)40-32-24-22-30-38-46-56(60)63-54(43-35-27-19-15-11-7-3)44-36-28-20-16-12-8-4/h51-54,58H,5-50H2,1-4H3. The maximum Gasteiger partial charge on any atom is 0.306 e. The second-order valence-corrected chi connectivity index (χ2v) is 21.0. The Balaban J connectivity index is 1.63. The second kappa shape index (κ2) is 41.1. The quantitative estimate of drug-likeness (QED) is 0.0485. The summed E-state index contributed by atoms with van der Waals surface area (Å²) < 4.78 is 17.8. The Morgan fingerprint density at radius 3 is 1.02 bits per heavy atom. The Hall–Kier alpha value is -1.14. The molecule has 6 heteroatoms. The molecule has 0 aromatic heterocycles. The summed E-state index contributed by atoms with van der Waals surface area (Å²) in [6, 6.07) is 1.26. The van der Waals surface area contributed by atoms with E-state index in [4.69, 9.17) is 14.2 Å². The van der Waals surface area contributed by atoms with Gasteiger partial charge in [0.1, 0.15) is 12.2 Å². The summed E-state index contributed by atoms with van der Waals surface area (Å²) >= 11 is 0. The highest BCUT2D eigenvalue weighted by Crippen LogP contribution is 2.47. The van der Waals surface area contributed by atoms with Crippen LogP contribution >= 0.6 is 0 Å². The highest BCUT2D eigenvalue weighted by Gasteiger charge is 2.49. The molecule has 2 aliphatic rings. The maximum absolute atomic E-state index is 12.9. The Bertz CT molecular complexity index is 926. The average molecular weight is 889 g/mol. The van der Waals surface area contributed by atoms with Crippen molar-refractivity contribution in [3.8, 4) is 0 Å². The molecule has 1 aliphatic carbocycles. The van der Waals surface area contributed by atoms with Gasteiger partial charge in [0.25, 0.3) is 0 Å². The molecule has 0 atom stereocenters. The smallest absolute Gasteiger partial charge is 0.306 e. The van der Waals surface area contributed by atoms with Gasteiger partial charge < -0.3 is 19.5 Å². The zero-order chi connectivity index (χ0) is 45.3. The van der Waals surface area contributed by atoms with E-state index in [0.29, 0.717) is 30.3 Å². The molecule has 1 aliphatic heterocycles. The summed E-state index contributed by atoms with van der Waals surface area (Å²) in [5.74, 6) is 0.0880. The van der Waals surface area contributed by atoms with Crippen LogP contribution < -0.4 is 5.32 Å². The molecule has 1 heterocycles. The largest absolute Gasteiger partial charge is 0.462 e. The molecule has 63 heavy (non-hydrogen) atoms. The molecule has 0 bridgehead atoms. The number of hydrogen-bond donors (Lipinski definition) is 1. The molecule has 0 unspecified atom stereocenters. The molecule has 0 amide bonds. The minimum atomic E-state index is 0.0440. The van der Waals surface area contributed by atoms with Gasteiger partial charge in [-0.15, -0.1) is 0 Å².